The molecule has 0 aliphatic heterocycles. The fourth-order valence-corrected chi connectivity index (χ4v) is 3.47. The number of hydrogen-bond acceptors (Lipinski definition) is 9. The lowest BCUT2D eigenvalue weighted by Gasteiger charge is -2.19. The lowest BCUT2D eigenvalue weighted by Crippen LogP contribution is -2.30. The van der Waals surface area contributed by atoms with Crippen LogP contribution in [0.2, 0.25) is 0 Å². The third-order valence-electron chi connectivity index (χ3n) is 3.88. The number of carbonyl (C=O) groups is 2. The topological polar surface area (TPSA) is 135 Å². The summed E-state index contributed by atoms with van der Waals surface area (Å²) in [7, 11) is 0. The van der Waals surface area contributed by atoms with Crippen LogP contribution >= 0.6 is 11.3 Å². The second kappa shape index (κ2) is 12.2. The molecule has 2 rings (SSSR count). The van der Waals surface area contributed by atoms with Crippen LogP contribution in [0.1, 0.15) is 27.7 Å². The lowest BCUT2D eigenvalue weighted by atomic mass is 10.2. The first-order valence-corrected chi connectivity index (χ1v) is 11.3. The van der Waals surface area contributed by atoms with E-state index in [1.807, 2.05) is 0 Å². The molecule has 0 saturated carbocycles. The zero-order valence-electron chi connectivity index (χ0n) is 19.8. The maximum atomic E-state index is 12.7. The van der Waals surface area contributed by atoms with Crippen LogP contribution in [0.3, 0.4) is 0 Å². The molecule has 35 heavy (non-hydrogen) atoms. The van der Waals surface area contributed by atoms with Gasteiger partial charge in [-0.05, 0) is 39.8 Å². The third kappa shape index (κ3) is 8.18. The summed E-state index contributed by atoms with van der Waals surface area (Å²) in [6, 6.07) is 6.67. The molecule has 0 saturated heterocycles. The van der Waals surface area contributed by atoms with Gasteiger partial charge in [0.15, 0.2) is 5.57 Å². The van der Waals surface area contributed by atoms with Crippen molar-refractivity contribution in [2.24, 2.45) is 0 Å². The number of rotatable bonds is 7. The molecule has 11 heteroatoms. The molecular formula is C24H25N5O5S. The number of ether oxygens (including phenoxy) is 2. The van der Waals surface area contributed by atoms with E-state index in [1.54, 1.807) is 52.0 Å². The number of hydrogen-bond donors (Lipinski definition) is 2. The quantitative estimate of drug-likeness (QED) is 0.258. The molecule has 0 aliphatic carbocycles. The number of amides is 1. The van der Waals surface area contributed by atoms with Gasteiger partial charge in [-0.1, -0.05) is 41.5 Å². The molecule has 0 radical (unpaired) electrons. The van der Waals surface area contributed by atoms with E-state index in [1.165, 1.54) is 16.8 Å². The number of nitrogens with zero attached hydrogens (tertiary/aromatic N) is 3. The Morgan fingerprint density at radius 3 is 2.66 bits per heavy atom. The van der Waals surface area contributed by atoms with Gasteiger partial charge in [-0.25, -0.2) is 14.6 Å². The van der Waals surface area contributed by atoms with Crippen LogP contribution < -0.4 is 25.4 Å². The summed E-state index contributed by atoms with van der Waals surface area (Å²) in [5.41, 5.74) is 4.13. The van der Waals surface area contributed by atoms with Crippen molar-refractivity contribution in [1.29, 1.82) is 5.26 Å². The standard InChI is InChI=1S/C24H25N5O5S/c1-6-13-33-22(31)16(15-25)14-20-29(7-2)21(30)17(35-20)11-12-26-18-9-8-10-19(27-18)28-23(32)34-24(3,4)5/h6,8-10,12H,1,7,13H2,2-5H3,(H2,26,27,28,32). The van der Waals surface area contributed by atoms with E-state index in [0.29, 0.717) is 12.4 Å². The number of carbonyl (C=O) groups excluding carboxylic acids is 2. The molecule has 0 aromatic carbocycles. The Morgan fingerprint density at radius 2 is 2.03 bits per heavy atom. The highest BCUT2D eigenvalue weighted by Crippen LogP contribution is 2.12. The zero-order chi connectivity index (χ0) is 26.0. The predicted octanol–water partition coefficient (Wildman–Crippen LogP) is 2.24. The monoisotopic (exact) mass is 495 g/mol. The first kappa shape index (κ1) is 26.9. The SMILES string of the molecule is C=CCOC(=O)C(=C=c1sc(=C=CNc2cccc(NC(=O)OC(C)(C)C)n2)c(=O)n1CC)C#N. The van der Waals surface area contributed by atoms with Crippen molar-refractivity contribution in [1.82, 2.24) is 9.55 Å². The van der Waals surface area contributed by atoms with Crippen LogP contribution in [0, 0.1) is 11.3 Å². The summed E-state index contributed by atoms with van der Waals surface area (Å²) in [6.07, 6.45) is 2.14. The minimum Gasteiger partial charge on any atom is -0.457 e. The Morgan fingerprint density at radius 1 is 1.31 bits per heavy atom. The molecule has 0 spiro atoms. The Bertz CT molecular complexity index is 1410. The van der Waals surface area contributed by atoms with Crippen molar-refractivity contribution < 1.29 is 19.1 Å². The summed E-state index contributed by atoms with van der Waals surface area (Å²) < 4.78 is 11.9. The molecule has 182 valence electrons. The van der Waals surface area contributed by atoms with E-state index in [0.717, 1.165) is 11.3 Å². The Balaban J connectivity index is 2.37. The van der Waals surface area contributed by atoms with Gasteiger partial charge in [-0.3, -0.25) is 14.7 Å². The van der Waals surface area contributed by atoms with Crippen LogP contribution in [0.15, 0.2) is 47.4 Å². The number of aromatic nitrogens is 2. The van der Waals surface area contributed by atoms with Crippen molar-refractivity contribution in [3.05, 3.63) is 62.2 Å². The second-order valence-electron chi connectivity index (χ2n) is 7.75. The highest BCUT2D eigenvalue weighted by Gasteiger charge is 2.16. The largest absolute Gasteiger partial charge is 0.457 e. The van der Waals surface area contributed by atoms with Gasteiger partial charge >= 0.3 is 12.1 Å². The zero-order valence-corrected chi connectivity index (χ0v) is 20.6. The minimum atomic E-state index is -0.857. The number of pyridine rings is 1. The normalized spacial score (nSPS) is 10.1. The predicted molar refractivity (Wildman–Crippen MR) is 133 cm³/mol. The molecule has 2 N–H and O–H groups in total. The number of anilines is 2. The van der Waals surface area contributed by atoms with Crippen molar-refractivity contribution in [2.45, 2.75) is 39.8 Å². The Hall–Kier alpha value is -4.35. The number of esters is 1. The molecule has 1 amide bonds. The summed E-state index contributed by atoms with van der Waals surface area (Å²) in [4.78, 5) is 40.8. The van der Waals surface area contributed by atoms with Gasteiger partial charge in [0.1, 0.15) is 39.1 Å². The first-order chi connectivity index (χ1) is 16.6. The van der Waals surface area contributed by atoms with Gasteiger partial charge in [0.25, 0.3) is 5.56 Å². The van der Waals surface area contributed by atoms with E-state index in [2.05, 4.69) is 33.7 Å². The van der Waals surface area contributed by atoms with Gasteiger partial charge in [0, 0.05) is 12.7 Å². The van der Waals surface area contributed by atoms with Crippen molar-refractivity contribution in [3.63, 3.8) is 0 Å². The van der Waals surface area contributed by atoms with Crippen LogP contribution in [-0.4, -0.2) is 33.8 Å². The molecule has 0 fully saturated rings. The molecule has 2 aromatic rings. The number of nitrogens with one attached hydrogen (secondary N) is 2. The van der Waals surface area contributed by atoms with Gasteiger partial charge in [-0.2, -0.15) is 5.26 Å². The van der Waals surface area contributed by atoms with Crippen LogP contribution in [0.4, 0.5) is 16.4 Å². The van der Waals surface area contributed by atoms with Crippen molar-refractivity contribution >= 4 is 46.5 Å². The summed E-state index contributed by atoms with van der Waals surface area (Å²) in [6.45, 7) is 10.7. The van der Waals surface area contributed by atoms with Crippen LogP contribution in [-0.2, 0) is 20.8 Å². The van der Waals surface area contributed by atoms with Gasteiger partial charge < -0.3 is 14.8 Å². The van der Waals surface area contributed by atoms with Gasteiger partial charge in [0.05, 0.1) is 0 Å². The van der Waals surface area contributed by atoms with Gasteiger partial charge in [0.2, 0.25) is 0 Å². The molecule has 2 heterocycles. The smallest absolute Gasteiger partial charge is 0.413 e. The van der Waals surface area contributed by atoms with E-state index < -0.39 is 17.7 Å². The Kier molecular flexibility index (Phi) is 9.38. The van der Waals surface area contributed by atoms with E-state index in [-0.39, 0.29) is 32.8 Å². The summed E-state index contributed by atoms with van der Waals surface area (Å²) >= 11 is 1.01. The van der Waals surface area contributed by atoms with Gasteiger partial charge in [-0.15, -0.1) is 0 Å². The highest BCUT2D eigenvalue weighted by atomic mass is 32.1. The fraction of sp³-hybridized carbons (Fsp3) is 0.292. The minimum absolute atomic E-state index is 0.0489. The molecule has 2 aromatic heterocycles. The van der Waals surface area contributed by atoms with Crippen LogP contribution in [0.5, 0.6) is 0 Å². The molecule has 0 bridgehead atoms. The maximum absolute atomic E-state index is 12.7. The second-order valence-corrected chi connectivity index (χ2v) is 8.75. The number of thiazole rings is 1. The molecular weight excluding hydrogens is 470 g/mol. The summed E-state index contributed by atoms with van der Waals surface area (Å²) in [5.74, 6) is -0.192. The van der Waals surface area contributed by atoms with Crippen molar-refractivity contribution in [2.75, 3.05) is 17.2 Å². The lowest BCUT2D eigenvalue weighted by molar-refractivity contribution is -0.137. The Labute approximate surface area is 205 Å². The fourth-order valence-electron chi connectivity index (χ4n) is 2.49. The van der Waals surface area contributed by atoms with E-state index >= 15 is 0 Å². The van der Waals surface area contributed by atoms with E-state index in [4.69, 9.17) is 9.47 Å². The molecule has 0 atom stereocenters. The van der Waals surface area contributed by atoms with Crippen molar-refractivity contribution in [3.8, 4) is 6.07 Å². The third-order valence-corrected chi connectivity index (χ3v) is 4.89. The molecule has 10 nitrogen and oxygen atoms in total. The molecule has 0 unspecified atom stereocenters. The maximum Gasteiger partial charge on any atom is 0.413 e. The average molecular weight is 496 g/mol. The summed E-state index contributed by atoms with van der Waals surface area (Å²) in [5, 5.41) is 14.7. The highest BCUT2D eigenvalue weighted by molar-refractivity contribution is 7.07. The first-order valence-electron chi connectivity index (χ1n) is 10.5. The van der Waals surface area contributed by atoms with Crippen LogP contribution in [0.25, 0.3) is 11.5 Å². The molecule has 0 aliphatic rings. The van der Waals surface area contributed by atoms with E-state index in [9.17, 15) is 19.6 Å². The average Bonchev–Trinajstić information content (AvgIpc) is 3.08. The number of nitriles is 1.